The van der Waals surface area contributed by atoms with Gasteiger partial charge in [-0.25, -0.2) is 13.7 Å². The van der Waals surface area contributed by atoms with E-state index < -0.39 is 28.9 Å². The van der Waals surface area contributed by atoms with Crippen molar-refractivity contribution in [1.29, 1.82) is 0 Å². The van der Waals surface area contributed by atoms with Crippen molar-refractivity contribution in [2.75, 3.05) is 19.8 Å². The van der Waals surface area contributed by atoms with E-state index in [1.54, 1.807) is 0 Å². The van der Waals surface area contributed by atoms with E-state index in [4.69, 9.17) is 39.8 Å². The summed E-state index contributed by atoms with van der Waals surface area (Å²) in [6, 6.07) is 0. The molecule has 0 radical (unpaired) electrons. The molecule has 22 heavy (non-hydrogen) atoms. The molecule has 0 aliphatic heterocycles. The maximum absolute atomic E-state index is 10.4. The second kappa shape index (κ2) is 9.55. The second-order valence-electron chi connectivity index (χ2n) is 3.94. The normalized spacial score (nSPS) is 13.5. The van der Waals surface area contributed by atoms with Crippen LogP contribution in [0.2, 0.25) is 0 Å². The topological polar surface area (TPSA) is 232 Å². The molecule has 0 heterocycles. The van der Waals surface area contributed by atoms with Gasteiger partial charge in [-0.05, 0) is 6.42 Å². The number of rotatable bonds is 8. The van der Waals surface area contributed by atoms with E-state index in [0.29, 0.717) is 6.42 Å². The SMILES string of the molecule is CCC(CO)(CO)CO.O=P(O)(O)OP(=O)(O)OP(=O)(O)O. The van der Waals surface area contributed by atoms with Crippen LogP contribution in [0.1, 0.15) is 13.3 Å². The average Bonchev–Trinajstić information content (AvgIpc) is 2.27. The van der Waals surface area contributed by atoms with Crippen LogP contribution in [0, 0.1) is 5.41 Å². The van der Waals surface area contributed by atoms with Gasteiger partial charge in [0.2, 0.25) is 0 Å². The first-order chi connectivity index (χ1) is 9.66. The van der Waals surface area contributed by atoms with E-state index in [2.05, 4.69) is 8.62 Å². The van der Waals surface area contributed by atoms with E-state index in [9.17, 15) is 13.7 Å². The summed E-state index contributed by atoms with van der Waals surface area (Å²) in [6.07, 6.45) is 0.594. The Hall–Kier alpha value is 0.290. The van der Waals surface area contributed by atoms with Gasteiger partial charge in [-0.1, -0.05) is 6.92 Å². The molecule has 0 saturated carbocycles. The maximum Gasteiger partial charge on any atom is 0.490 e. The molecule has 0 aliphatic carbocycles. The summed E-state index contributed by atoms with van der Waals surface area (Å²) in [7, 11) is -16.2. The summed E-state index contributed by atoms with van der Waals surface area (Å²) in [4.78, 5) is 40.2. The maximum atomic E-state index is 10.4. The van der Waals surface area contributed by atoms with Crippen LogP contribution in [0.25, 0.3) is 0 Å². The Morgan fingerprint density at radius 3 is 1.14 bits per heavy atom. The zero-order chi connectivity index (χ0) is 18.2. The minimum absolute atomic E-state index is 0.156. The van der Waals surface area contributed by atoms with Crippen LogP contribution >= 0.6 is 23.5 Å². The predicted octanol–water partition coefficient (Wildman–Crippen LogP) is -1.33. The quantitative estimate of drug-likeness (QED) is 0.224. The highest BCUT2D eigenvalue weighted by Gasteiger charge is 2.38. The number of phosphoric acid groups is 3. The van der Waals surface area contributed by atoms with Crippen LogP contribution < -0.4 is 0 Å². The molecule has 0 aromatic carbocycles. The lowest BCUT2D eigenvalue weighted by Crippen LogP contribution is -2.32. The van der Waals surface area contributed by atoms with E-state index in [1.807, 2.05) is 6.92 Å². The Balaban J connectivity index is 0. The summed E-state index contributed by atoms with van der Waals surface area (Å²) >= 11 is 0. The van der Waals surface area contributed by atoms with Crippen molar-refractivity contribution < 1.29 is 62.1 Å². The van der Waals surface area contributed by atoms with Crippen molar-refractivity contribution >= 4 is 23.5 Å². The van der Waals surface area contributed by atoms with Gasteiger partial charge in [-0.2, -0.15) is 8.62 Å². The van der Waals surface area contributed by atoms with Gasteiger partial charge in [0, 0.05) is 5.41 Å². The van der Waals surface area contributed by atoms with Gasteiger partial charge in [0.25, 0.3) is 0 Å². The zero-order valence-electron chi connectivity index (χ0n) is 11.3. The predicted molar refractivity (Wildman–Crippen MR) is 70.1 cm³/mol. The van der Waals surface area contributed by atoms with E-state index in [0.717, 1.165) is 0 Å². The third-order valence-corrected chi connectivity index (χ3v) is 5.53. The fraction of sp³-hybridized carbons (Fsp3) is 1.00. The molecule has 8 N–H and O–H groups in total. The summed E-state index contributed by atoms with van der Waals surface area (Å²) in [5.74, 6) is 0. The summed E-state index contributed by atoms with van der Waals surface area (Å²) in [6.45, 7) is 1.35. The molecule has 0 unspecified atom stereocenters. The van der Waals surface area contributed by atoms with Gasteiger partial charge >= 0.3 is 23.5 Å². The van der Waals surface area contributed by atoms with Crippen molar-refractivity contribution in [3.8, 4) is 0 Å². The van der Waals surface area contributed by atoms with Crippen LogP contribution in [0.15, 0.2) is 0 Å². The van der Waals surface area contributed by atoms with Crippen LogP contribution in [-0.4, -0.2) is 59.6 Å². The standard InChI is InChI=1S/C6H14O3.H5O10P3/c1-2-6(3-7,4-8)5-9;1-11(2,3)9-13(7,8)10-12(4,5)6/h7-9H,2-5H2,1H3;(H,7,8)(H2,1,2,3)(H2,4,5,6). The Labute approximate surface area is 125 Å². The van der Waals surface area contributed by atoms with Crippen LogP contribution in [0.3, 0.4) is 0 Å². The molecular weight excluding hydrogens is 373 g/mol. The number of hydrogen-bond donors (Lipinski definition) is 8. The summed E-state index contributed by atoms with van der Waals surface area (Å²) < 4.78 is 36.4. The van der Waals surface area contributed by atoms with Gasteiger partial charge in [0.05, 0.1) is 19.8 Å². The van der Waals surface area contributed by atoms with Gasteiger partial charge in [-0.3, -0.25) is 0 Å². The van der Waals surface area contributed by atoms with Gasteiger partial charge < -0.3 is 39.8 Å². The fourth-order valence-electron chi connectivity index (χ4n) is 0.769. The lowest BCUT2D eigenvalue weighted by Gasteiger charge is -2.24. The van der Waals surface area contributed by atoms with Crippen molar-refractivity contribution in [2.24, 2.45) is 5.41 Å². The molecule has 0 bridgehead atoms. The van der Waals surface area contributed by atoms with E-state index in [1.165, 1.54) is 0 Å². The van der Waals surface area contributed by atoms with Crippen molar-refractivity contribution in [1.82, 2.24) is 0 Å². The third kappa shape index (κ3) is 12.8. The Morgan fingerprint density at radius 1 is 0.773 bits per heavy atom. The smallest absolute Gasteiger partial charge is 0.396 e. The molecule has 0 atom stereocenters. The molecule has 0 aromatic heterocycles. The molecule has 0 amide bonds. The first-order valence-electron chi connectivity index (χ1n) is 5.35. The largest absolute Gasteiger partial charge is 0.490 e. The number of aliphatic hydroxyl groups excluding tert-OH is 3. The monoisotopic (exact) mass is 392 g/mol. The molecule has 16 heteroatoms. The zero-order valence-corrected chi connectivity index (χ0v) is 14.0. The molecule has 136 valence electrons. The molecule has 0 spiro atoms. The summed E-state index contributed by atoms with van der Waals surface area (Å²) in [5.41, 5.74) is -0.667. The van der Waals surface area contributed by atoms with E-state index in [-0.39, 0.29) is 19.8 Å². The Morgan fingerprint density at radius 2 is 1.05 bits per heavy atom. The molecule has 0 saturated heterocycles. The van der Waals surface area contributed by atoms with Crippen molar-refractivity contribution in [3.05, 3.63) is 0 Å². The third-order valence-electron chi connectivity index (χ3n) is 2.18. The Kier molecular flexibility index (Phi) is 10.7. The van der Waals surface area contributed by atoms with Gasteiger partial charge in [0.1, 0.15) is 0 Å². The fourth-order valence-corrected chi connectivity index (χ4v) is 3.31. The first kappa shape index (κ1) is 24.5. The second-order valence-corrected chi connectivity index (χ2v) is 8.15. The van der Waals surface area contributed by atoms with Crippen LogP contribution in [0.5, 0.6) is 0 Å². The minimum atomic E-state index is -5.46. The van der Waals surface area contributed by atoms with Crippen LogP contribution in [0.4, 0.5) is 0 Å². The Bertz CT molecular complexity index is 401. The van der Waals surface area contributed by atoms with Gasteiger partial charge in [0.15, 0.2) is 0 Å². The van der Waals surface area contributed by atoms with Crippen molar-refractivity contribution in [3.63, 3.8) is 0 Å². The highest BCUT2D eigenvalue weighted by Crippen LogP contribution is 2.64. The minimum Gasteiger partial charge on any atom is -0.396 e. The van der Waals surface area contributed by atoms with Gasteiger partial charge in [-0.15, -0.1) is 0 Å². The highest BCUT2D eigenvalue weighted by molar-refractivity contribution is 7.66. The van der Waals surface area contributed by atoms with Crippen molar-refractivity contribution in [2.45, 2.75) is 13.3 Å². The molecule has 0 aliphatic rings. The van der Waals surface area contributed by atoms with E-state index >= 15 is 0 Å². The lowest BCUT2D eigenvalue weighted by molar-refractivity contribution is 0.00304. The molecule has 0 rings (SSSR count). The first-order valence-corrected chi connectivity index (χ1v) is 9.90. The lowest BCUT2D eigenvalue weighted by atomic mass is 9.88. The van der Waals surface area contributed by atoms with Crippen LogP contribution in [-0.2, 0) is 22.3 Å². The number of hydrogen-bond acceptors (Lipinski definition) is 8. The molecule has 0 fully saturated rings. The molecular formula is C6H19O13P3. The molecule has 13 nitrogen and oxygen atoms in total. The molecule has 0 aromatic rings. The number of aliphatic hydroxyl groups is 3. The summed E-state index contributed by atoms with van der Waals surface area (Å²) in [5, 5.41) is 26.0. The highest BCUT2D eigenvalue weighted by atomic mass is 31.3. The average molecular weight is 392 g/mol.